The number of aliphatic carboxylic acids is 1. The number of aryl methyl sites for hydroxylation is 2. The Morgan fingerprint density at radius 3 is 2.85 bits per heavy atom. The van der Waals surface area contributed by atoms with Crippen LogP contribution in [-0.4, -0.2) is 59.7 Å². The predicted molar refractivity (Wildman–Crippen MR) is 128 cm³/mol. The van der Waals surface area contributed by atoms with Crippen molar-refractivity contribution in [1.29, 1.82) is 0 Å². The third-order valence-electron chi connectivity index (χ3n) is 7.36. The monoisotopic (exact) mass is 464 g/mol. The van der Waals surface area contributed by atoms with Gasteiger partial charge in [-0.05, 0) is 60.4 Å². The zero-order chi connectivity index (χ0) is 23.7. The maximum Gasteiger partial charge on any atom is 0.305 e. The summed E-state index contributed by atoms with van der Waals surface area (Å²) in [5, 5.41) is 16.3. The molecule has 34 heavy (non-hydrogen) atoms. The number of piperidine rings is 1. The van der Waals surface area contributed by atoms with Gasteiger partial charge in [0, 0.05) is 43.8 Å². The van der Waals surface area contributed by atoms with Crippen molar-refractivity contribution in [2.45, 2.75) is 44.2 Å². The fourth-order valence-electron chi connectivity index (χ4n) is 5.42. The van der Waals surface area contributed by atoms with E-state index in [4.69, 9.17) is 9.72 Å². The third kappa shape index (κ3) is 4.87. The molecule has 4 atom stereocenters. The van der Waals surface area contributed by atoms with Crippen LogP contribution in [0.4, 0.5) is 5.82 Å². The summed E-state index contributed by atoms with van der Waals surface area (Å²) >= 11 is 0. The van der Waals surface area contributed by atoms with Gasteiger partial charge in [-0.15, -0.1) is 0 Å². The number of amides is 1. The molecule has 3 heterocycles. The SMILES string of the molecule is COc1cccc([C@@H](CC(=O)O)NC2[C@H]3CN(C(=O)CCc4ccc5c(n4)NCCC5)C[C@@H]23)c1. The lowest BCUT2D eigenvalue weighted by atomic mass is 10.0. The number of pyridine rings is 1. The molecule has 5 rings (SSSR count). The van der Waals surface area contributed by atoms with Gasteiger partial charge < -0.3 is 25.4 Å². The highest BCUT2D eigenvalue weighted by atomic mass is 16.5. The summed E-state index contributed by atoms with van der Waals surface area (Å²) in [6.07, 6.45) is 3.32. The quantitative estimate of drug-likeness (QED) is 0.524. The molecule has 1 saturated carbocycles. The maximum absolute atomic E-state index is 12.8. The van der Waals surface area contributed by atoms with Crippen molar-refractivity contribution >= 4 is 17.7 Å². The van der Waals surface area contributed by atoms with Crippen molar-refractivity contribution in [3.8, 4) is 5.75 Å². The van der Waals surface area contributed by atoms with Crippen LogP contribution in [-0.2, 0) is 22.4 Å². The van der Waals surface area contributed by atoms with Crippen molar-refractivity contribution in [2.75, 3.05) is 32.1 Å². The number of hydrogen-bond acceptors (Lipinski definition) is 6. The second-order valence-corrected chi connectivity index (χ2v) is 9.59. The van der Waals surface area contributed by atoms with E-state index in [0.29, 0.717) is 30.4 Å². The van der Waals surface area contributed by atoms with Gasteiger partial charge in [0.1, 0.15) is 11.6 Å². The number of ether oxygens (including phenoxy) is 1. The van der Waals surface area contributed by atoms with Crippen molar-refractivity contribution in [2.24, 2.45) is 11.8 Å². The van der Waals surface area contributed by atoms with Crippen molar-refractivity contribution in [1.82, 2.24) is 15.2 Å². The molecule has 8 nitrogen and oxygen atoms in total. The number of carbonyl (C=O) groups is 2. The van der Waals surface area contributed by atoms with Gasteiger partial charge in [0.25, 0.3) is 0 Å². The minimum atomic E-state index is -0.839. The van der Waals surface area contributed by atoms with Crippen molar-refractivity contribution in [3.05, 3.63) is 53.2 Å². The van der Waals surface area contributed by atoms with E-state index in [2.05, 4.69) is 16.7 Å². The minimum absolute atomic E-state index is 0.00832. The predicted octanol–water partition coefficient (Wildman–Crippen LogP) is 2.64. The van der Waals surface area contributed by atoms with Gasteiger partial charge in [-0.25, -0.2) is 4.98 Å². The molecular weight excluding hydrogens is 432 g/mol. The van der Waals surface area contributed by atoms with Crippen LogP contribution in [0.2, 0.25) is 0 Å². The lowest BCUT2D eigenvalue weighted by Gasteiger charge is -2.23. The van der Waals surface area contributed by atoms with Gasteiger partial charge in [0.15, 0.2) is 0 Å². The number of fused-ring (bicyclic) bond motifs is 2. The number of anilines is 1. The molecule has 1 aliphatic carbocycles. The van der Waals surface area contributed by atoms with Crippen molar-refractivity contribution in [3.63, 3.8) is 0 Å². The normalized spacial score (nSPS) is 23.4. The maximum atomic E-state index is 12.8. The second kappa shape index (κ2) is 9.62. The molecule has 3 N–H and O–H groups in total. The third-order valence-corrected chi connectivity index (χ3v) is 7.36. The molecule has 0 bridgehead atoms. The number of rotatable bonds is 9. The number of nitrogens with zero attached hydrogens (tertiary/aromatic N) is 2. The molecule has 0 spiro atoms. The summed E-state index contributed by atoms with van der Waals surface area (Å²) in [7, 11) is 1.61. The summed E-state index contributed by atoms with van der Waals surface area (Å²) in [6.45, 7) is 2.43. The fourth-order valence-corrected chi connectivity index (χ4v) is 5.42. The first-order valence-electron chi connectivity index (χ1n) is 12.1. The Morgan fingerprint density at radius 1 is 1.26 bits per heavy atom. The molecule has 1 saturated heterocycles. The summed E-state index contributed by atoms with van der Waals surface area (Å²) < 4.78 is 5.30. The Bertz CT molecular complexity index is 1060. The zero-order valence-electron chi connectivity index (χ0n) is 19.5. The number of aromatic nitrogens is 1. The van der Waals surface area contributed by atoms with Gasteiger partial charge in [0.2, 0.25) is 5.91 Å². The smallest absolute Gasteiger partial charge is 0.305 e. The van der Waals surface area contributed by atoms with Gasteiger partial charge in [-0.2, -0.15) is 0 Å². The summed E-state index contributed by atoms with van der Waals surface area (Å²) in [6, 6.07) is 11.7. The molecule has 2 aliphatic heterocycles. The van der Waals surface area contributed by atoms with E-state index in [1.165, 1.54) is 5.56 Å². The molecule has 3 aliphatic rings. The van der Waals surface area contributed by atoms with Crippen LogP contribution in [0, 0.1) is 11.8 Å². The molecule has 1 amide bonds. The Kier molecular flexibility index (Phi) is 6.41. The molecule has 2 fully saturated rings. The Balaban J connectivity index is 1.13. The lowest BCUT2D eigenvalue weighted by molar-refractivity contribution is -0.137. The summed E-state index contributed by atoms with van der Waals surface area (Å²) in [5.74, 6) is 1.79. The number of hydrogen-bond donors (Lipinski definition) is 3. The molecule has 180 valence electrons. The Morgan fingerprint density at radius 2 is 2.09 bits per heavy atom. The molecule has 1 unspecified atom stereocenters. The Hall–Kier alpha value is -3.13. The average Bonchev–Trinajstić information content (AvgIpc) is 3.28. The van der Waals surface area contributed by atoms with Crippen LogP contribution in [0.5, 0.6) is 5.75 Å². The summed E-state index contributed by atoms with van der Waals surface area (Å²) in [4.78, 5) is 30.9. The van der Waals surface area contributed by atoms with E-state index in [0.717, 1.165) is 49.6 Å². The second-order valence-electron chi connectivity index (χ2n) is 9.59. The van der Waals surface area contributed by atoms with Crippen molar-refractivity contribution < 1.29 is 19.4 Å². The molecule has 1 aromatic carbocycles. The van der Waals surface area contributed by atoms with Gasteiger partial charge in [0.05, 0.1) is 13.5 Å². The number of nitrogens with one attached hydrogen (secondary N) is 2. The van der Waals surface area contributed by atoms with Gasteiger partial charge >= 0.3 is 5.97 Å². The highest BCUT2D eigenvalue weighted by Gasteiger charge is 2.57. The molecular formula is C26H32N4O4. The van der Waals surface area contributed by atoms with E-state index in [9.17, 15) is 14.7 Å². The Labute approximate surface area is 199 Å². The topological polar surface area (TPSA) is 104 Å². The van der Waals surface area contributed by atoms with Crippen LogP contribution in [0.15, 0.2) is 36.4 Å². The highest BCUT2D eigenvalue weighted by Crippen LogP contribution is 2.47. The molecule has 1 aromatic heterocycles. The largest absolute Gasteiger partial charge is 0.497 e. The molecule has 0 radical (unpaired) electrons. The lowest BCUT2D eigenvalue weighted by Crippen LogP contribution is -2.37. The number of carboxylic acids is 1. The van der Waals surface area contributed by atoms with Gasteiger partial charge in [-0.3, -0.25) is 9.59 Å². The minimum Gasteiger partial charge on any atom is -0.497 e. The fraction of sp³-hybridized carbons (Fsp3) is 0.500. The van der Waals surface area contributed by atoms with E-state index in [-0.39, 0.29) is 24.4 Å². The molecule has 8 heteroatoms. The van der Waals surface area contributed by atoms with E-state index in [1.54, 1.807) is 7.11 Å². The van der Waals surface area contributed by atoms with E-state index < -0.39 is 5.97 Å². The summed E-state index contributed by atoms with van der Waals surface area (Å²) in [5.41, 5.74) is 3.13. The van der Waals surface area contributed by atoms with Crippen LogP contribution in [0.1, 0.15) is 42.1 Å². The molecule has 2 aromatic rings. The zero-order valence-corrected chi connectivity index (χ0v) is 19.5. The average molecular weight is 465 g/mol. The van der Waals surface area contributed by atoms with Crippen LogP contribution in [0.25, 0.3) is 0 Å². The number of benzene rings is 1. The number of carbonyl (C=O) groups excluding carboxylic acids is 1. The van der Waals surface area contributed by atoms with E-state index >= 15 is 0 Å². The van der Waals surface area contributed by atoms with Crippen LogP contribution in [0.3, 0.4) is 0 Å². The van der Waals surface area contributed by atoms with Gasteiger partial charge in [-0.1, -0.05) is 18.2 Å². The number of likely N-dealkylation sites (tertiary alicyclic amines) is 1. The van der Waals surface area contributed by atoms with Crippen LogP contribution < -0.4 is 15.4 Å². The first kappa shape index (κ1) is 22.7. The number of carboxylic acid groups (broad SMARTS) is 1. The first-order chi connectivity index (χ1) is 16.5. The van der Waals surface area contributed by atoms with Crippen LogP contribution >= 0.6 is 0 Å². The van der Waals surface area contributed by atoms with E-state index in [1.807, 2.05) is 35.2 Å². The number of methoxy groups -OCH3 is 1. The standard InChI is InChI=1S/C26H32N4O4/c1-34-19-6-2-4-17(12-19)22(13-24(32)33)29-25-20-14-30(15-21(20)25)23(31)10-9-18-8-7-16-5-3-11-27-26(16)28-18/h2,4,6-8,12,20-22,25,29H,3,5,9-11,13-15H2,1H3,(H,27,28)(H,32,33)/t20-,21+,22-,25?/m1/s1. The highest BCUT2D eigenvalue weighted by molar-refractivity contribution is 5.77. The first-order valence-corrected chi connectivity index (χ1v) is 12.1.